The highest BCUT2D eigenvalue weighted by Crippen LogP contribution is 2.32. The van der Waals surface area contributed by atoms with Crippen LogP contribution in [0.5, 0.6) is 0 Å². The van der Waals surface area contributed by atoms with Gasteiger partial charge in [0.1, 0.15) is 11.9 Å². The standard InChI is InChI=1S/C17H10BrFN2/c18-15-7-8-17(14-4-2-1-3-13(14)15)21-12-6-5-11(10-20)16(19)9-12/h1-9,21H. The van der Waals surface area contributed by atoms with Crippen molar-refractivity contribution in [2.24, 2.45) is 0 Å². The highest BCUT2D eigenvalue weighted by molar-refractivity contribution is 9.10. The molecule has 0 aliphatic carbocycles. The molecule has 3 rings (SSSR count). The van der Waals surface area contributed by atoms with Crippen LogP contribution in [0, 0.1) is 17.1 Å². The maximum Gasteiger partial charge on any atom is 0.143 e. The van der Waals surface area contributed by atoms with Crippen molar-refractivity contribution in [2.45, 2.75) is 0 Å². The van der Waals surface area contributed by atoms with Gasteiger partial charge in [-0.2, -0.15) is 5.26 Å². The molecule has 2 nitrogen and oxygen atoms in total. The minimum atomic E-state index is -0.524. The molecule has 102 valence electrons. The van der Waals surface area contributed by atoms with E-state index in [0.29, 0.717) is 5.69 Å². The molecule has 0 spiro atoms. The number of anilines is 2. The Hall–Kier alpha value is -2.38. The van der Waals surface area contributed by atoms with Crippen molar-refractivity contribution >= 4 is 38.1 Å². The van der Waals surface area contributed by atoms with Gasteiger partial charge in [-0.15, -0.1) is 0 Å². The van der Waals surface area contributed by atoms with Gasteiger partial charge in [0.2, 0.25) is 0 Å². The number of nitrogens with zero attached hydrogens (tertiary/aromatic N) is 1. The van der Waals surface area contributed by atoms with Gasteiger partial charge in [0, 0.05) is 21.2 Å². The molecule has 1 N–H and O–H groups in total. The molecule has 0 heterocycles. The summed E-state index contributed by atoms with van der Waals surface area (Å²) in [5, 5.41) is 14.1. The third-order valence-electron chi connectivity index (χ3n) is 3.24. The minimum absolute atomic E-state index is 0.0428. The Balaban J connectivity index is 2.05. The molecular weight excluding hydrogens is 331 g/mol. The van der Waals surface area contributed by atoms with E-state index in [9.17, 15) is 4.39 Å². The van der Waals surface area contributed by atoms with Gasteiger partial charge in [-0.3, -0.25) is 0 Å². The fourth-order valence-electron chi connectivity index (χ4n) is 2.21. The number of benzene rings is 3. The quantitative estimate of drug-likeness (QED) is 0.681. The Morgan fingerprint density at radius 3 is 2.48 bits per heavy atom. The van der Waals surface area contributed by atoms with E-state index in [1.807, 2.05) is 42.5 Å². The number of hydrogen-bond acceptors (Lipinski definition) is 2. The van der Waals surface area contributed by atoms with E-state index < -0.39 is 5.82 Å². The summed E-state index contributed by atoms with van der Waals surface area (Å²) in [6, 6.07) is 18.1. The zero-order chi connectivity index (χ0) is 14.8. The topological polar surface area (TPSA) is 35.8 Å². The van der Waals surface area contributed by atoms with Crippen LogP contribution in [-0.2, 0) is 0 Å². The SMILES string of the molecule is N#Cc1ccc(Nc2ccc(Br)c3ccccc23)cc1F. The van der Waals surface area contributed by atoms with Crippen LogP contribution in [-0.4, -0.2) is 0 Å². The lowest BCUT2D eigenvalue weighted by Crippen LogP contribution is -1.94. The van der Waals surface area contributed by atoms with Crippen LogP contribution >= 0.6 is 15.9 Å². The molecule has 0 atom stereocenters. The first-order chi connectivity index (χ1) is 10.2. The highest BCUT2D eigenvalue weighted by atomic mass is 79.9. The Bertz CT molecular complexity index is 868. The number of hydrogen-bond donors (Lipinski definition) is 1. The van der Waals surface area contributed by atoms with E-state index in [-0.39, 0.29) is 5.56 Å². The Morgan fingerprint density at radius 1 is 1.00 bits per heavy atom. The van der Waals surface area contributed by atoms with Gasteiger partial charge in [0.15, 0.2) is 0 Å². The molecule has 0 unspecified atom stereocenters. The fraction of sp³-hybridized carbons (Fsp3) is 0. The van der Waals surface area contributed by atoms with Crippen molar-refractivity contribution in [2.75, 3.05) is 5.32 Å². The summed E-state index contributed by atoms with van der Waals surface area (Å²) in [5.41, 5.74) is 1.54. The third-order valence-corrected chi connectivity index (χ3v) is 3.93. The first kappa shape index (κ1) is 13.6. The molecule has 0 saturated heterocycles. The van der Waals surface area contributed by atoms with Crippen molar-refractivity contribution in [1.29, 1.82) is 5.26 Å². The van der Waals surface area contributed by atoms with Crippen LogP contribution in [0.1, 0.15) is 5.56 Å². The predicted molar refractivity (Wildman–Crippen MR) is 86.0 cm³/mol. The van der Waals surface area contributed by atoms with Gasteiger partial charge in [0.25, 0.3) is 0 Å². The first-order valence-electron chi connectivity index (χ1n) is 6.33. The molecular formula is C17H10BrFN2. The van der Waals surface area contributed by atoms with Crippen LogP contribution in [0.2, 0.25) is 0 Å². The van der Waals surface area contributed by atoms with Crippen molar-refractivity contribution in [3.05, 3.63) is 70.5 Å². The van der Waals surface area contributed by atoms with E-state index in [2.05, 4.69) is 21.2 Å². The average Bonchev–Trinajstić information content (AvgIpc) is 2.51. The highest BCUT2D eigenvalue weighted by Gasteiger charge is 2.06. The van der Waals surface area contributed by atoms with E-state index in [1.54, 1.807) is 6.07 Å². The van der Waals surface area contributed by atoms with Crippen molar-refractivity contribution < 1.29 is 4.39 Å². The first-order valence-corrected chi connectivity index (χ1v) is 7.12. The summed E-state index contributed by atoms with van der Waals surface area (Å²) < 4.78 is 14.7. The molecule has 0 radical (unpaired) electrons. The lowest BCUT2D eigenvalue weighted by Gasteiger charge is -2.11. The van der Waals surface area contributed by atoms with E-state index in [1.165, 1.54) is 12.1 Å². The maximum atomic E-state index is 13.7. The summed E-state index contributed by atoms with van der Waals surface area (Å²) in [6.45, 7) is 0. The molecule has 0 saturated carbocycles. The van der Waals surface area contributed by atoms with Crippen molar-refractivity contribution in [3.63, 3.8) is 0 Å². The molecule has 0 amide bonds. The second-order valence-corrected chi connectivity index (χ2v) is 5.43. The van der Waals surface area contributed by atoms with Crippen LogP contribution < -0.4 is 5.32 Å². The van der Waals surface area contributed by atoms with Crippen molar-refractivity contribution in [3.8, 4) is 6.07 Å². The van der Waals surface area contributed by atoms with Gasteiger partial charge in [0.05, 0.1) is 5.56 Å². The van der Waals surface area contributed by atoms with Crippen molar-refractivity contribution in [1.82, 2.24) is 0 Å². The number of rotatable bonds is 2. The van der Waals surface area contributed by atoms with Gasteiger partial charge >= 0.3 is 0 Å². The van der Waals surface area contributed by atoms with Crippen LogP contribution in [0.15, 0.2) is 59.1 Å². The van der Waals surface area contributed by atoms with Gasteiger partial charge in [-0.05, 0) is 35.7 Å². The van der Waals surface area contributed by atoms with Gasteiger partial charge in [-0.1, -0.05) is 40.2 Å². The molecule has 0 aliphatic heterocycles. The number of fused-ring (bicyclic) bond motifs is 1. The van der Waals surface area contributed by atoms with E-state index in [4.69, 9.17) is 5.26 Å². The van der Waals surface area contributed by atoms with Gasteiger partial charge < -0.3 is 5.32 Å². The summed E-state index contributed by atoms with van der Waals surface area (Å²) in [6.07, 6.45) is 0. The molecule has 21 heavy (non-hydrogen) atoms. The van der Waals surface area contributed by atoms with E-state index in [0.717, 1.165) is 20.9 Å². The average molecular weight is 341 g/mol. The lowest BCUT2D eigenvalue weighted by atomic mass is 10.1. The summed E-state index contributed by atoms with van der Waals surface area (Å²) in [4.78, 5) is 0. The minimum Gasteiger partial charge on any atom is -0.355 e. The fourth-order valence-corrected chi connectivity index (χ4v) is 2.69. The molecule has 0 aromatic heterocycles. The normalized spacial score (nSPS) is 10.3. The molecule has 0 aliphatic rings. The summed E-state index contributed by atoms with van der Waals surface area (Å²) in [7, 11) is 0. The number of nitrogens with one attached hydrogen (secondary N) is 1. The molecule has 4 heteroatoms. The largest absolute Gasteiger partial charge is 0.355 e. The summed E-state index contributed by atoms with van der Waals surface area (Å²) in [5.74, 6) is -0.524. The number of halogens is 2. The Labute approximate surface area is 130 Å². The lowest BCUT2D eigenvalue weighted by molar-refractivity contribution is 0.624. The predicted octanol–water partition coefficient (Wildman–Crippen LogP) is 5.36. The van der Waals surface area contributed by atoms with Gasteiger partial charge in [-0.25, -0.2) is 4.39 Å². The molecule has 3 aromatic carbocycles. The zero-order valence-corrected chi connectivity index (χ0v) is 12.5. The molecule has 0 fully saturated rings. The Morgan fingerprint density at radius 2 is 1.76 bits per heavy atom. The monoisotopic (exact) mass is 340 g/mol. The number of nitriles is 1. The Kier molecular flexibility index (Phi) is 3.59. The maximum absolute atomic E-state index is 13.7. The zero-order valence-electron chi connectivity index (χ0n) is 10.9. The smallest absolute Gasteiger partial charge is 0.143 e. The van der Waals surface area contributed by atoms with Crippen LogP contribution in [0.3, 0.4) is 0 Å². The second-order valence-electron chi connectivity index (χ2n) is 4.57. The van der Waals surface area contributed by atoms with Crippen LogP contribution in [0.25, 0.3) is 10.8 Å². The second kappa shape index (κ2) is 5.55. The summed E-state index contributed by atoms with van der Waals surface area (Å²) >= 11 is 3.52. The molecule has 3 aromatic rings. The van der Waals surface area contributed by atoms with Crippen LogP contribution in [0.4, 0.5) is 15.8 Å². The van der Waals surface area contributed by atoms with E-state index >= 15 is 0 Å². The third kappa shape index (κ3) is 2.61. The molecule has 0 bridgehead atoms.